The molecule has 8 aliphatic heterocycles. The summed E-state index contributed by atoms with van der Waals surface area (Å²) in [6, 6.07) is 1.23. The van der Waals surface area contributed by atoms with Crippen molar-refractivity contribution in [1.82, 2.24) is 54.5 Å². The van der Waals surface area contributed by atoms with Crippen molar-refractivity contribution in [3.63, 3.8) is 0 Å². The Morgan fingerprint density at radius 2 is 1.18 bits per heavy atom. The first-order valence-corrected chi connectivity index (χ1v) is 29.9. The first-order valence-electron chi connectivity index (χ1n) is 29.9. The van der Waals surface area contributed by atoms with Crippen LogP contribution in [-0.2, 0) is 14.3 Å². The van der Waals surface area contributed by atoms with E-state index in [0.29, 0.717) is 80.1 Å². The van der Waals surface area contributed by atoms with Gasteiger partial charge in [0.25, 0.3) is 5.91 Å². The van der Waals surface area contributed by atoms with E-state index in [2.05, 4.69) is 50.5 Å². The summed E-state index contributed by atoms with van der Waals surface area (Å²) >= 11 is 0. The van der Waals surface area contributed by atoms with Gasteiger partial charge in [0.05, 0.1) is 29.7 Å². The molecule has 3 aromatic heterocycles. The van der Waals surface area contributed by atoms with Crippen LogP contribution < -0.4 is 20.9 Å². The lowest BCUT2D eigenvalue weighted by atomic mass is 9.99. The van der Waals surface area contributed by atoms with Gasteiger partial charge in [-0.3, -0.25) is 19.5 Å². The quantitative estimate of drug-likeness (QED) is 0.153. The van der Waals surface area contributed by atoms with Crippen LogP contribution in [0.15, 0.2) is 30.9 Å². The summed E-state index contributed by atoms with van der Waals surface area (Å²) in [4.78, 5) is 70.7. The summed E-state index contributed by atoms with van der Waals surface area (Å²) < 4.78 is 80.1. The molecule has 8 saturated heterocycles. The monoisotopic (exact) mass is 1200 g/mol. The summed E-state index contributed by atoms with van der Waals surface area (Å²) in [5, 5.41) is 8.89. The number of ether oxygens (including phenoxy) is 2. The Balaban J connectivity index is 0.000000128. The van der Waals surface area contributed by atoms with Crippen molar-refractivity contribution in [1.29, 1.82) is 0 Å². The van der Waals surface area contributed by atoms with Gasteiger partial charge in [-0.15, -0.1) is 12.4 Å². The van der Waals surface area contributed by atoms with E-state index in [1.165, 1.54) is 21.6 Å². The number of amides is 3. The van der Waals surface area contributed by atoms with E-state index in [-0.39, 0.29) is 53.7 Å². The number of anilines is 2. The van der Waals surface area contributed by atoms with E-state index in [0.717, 1.165) is 123 Å². The lowest BCUT2D eigenvalue weighted by Crippen LogP contribution is -2.55. The number of alkyl halides is 4. The Morgan fingerprint density at radius 1 is 0.667 bits per heavy atom. The smallest absolute Gasteiger partial charge is 0.410 e. The minimum absolute atomic E-state index is 0. The predicted octanol–water partition coefficient (Wildman–Crippen LogP) is 6.24. The molecule has 12 fully saturated rings. The van der Waals surface area contributed by atoms with Gasteiger partial charge in [0, 0.05) is 178 Å². The van der Waals surface area contributed by atoms with Crippen LogP contribution >= 0.6 is 12.4 Å². The molecule has 4 unspecified atom stereocenters. The zero-order chi connectivity index (χ0) is 59.0. The fourth-order valence-corrected chi connectivity index (χ4v) is 13.0. The van der Waals surface area contributed by atoms with E-state index in [4.69, 9.17) is 9.47 Å². The number of likely N-dealkylation sites (tertiary alicyclic amines) is 5. The number of rotatable bonds is 10. The molecule has 3 N–H and O–H groups in total. The van der Waals surface area contributed by atoms with Gasteiger partial charge in [0.1, 0.15) is 51.7 Å². The lowest BCUT2D eigenvalue weighted by molar-refractivity contribution is -0.115. The van der Waals surface area contributed by atoms with Crippen LogP contribution in [0.2, 0.25) is 0 Å². The van der Waals surface area contributed by atoms with Gasteiger partial charge in [-0.2, -0.15) is 0 Å². The highest BCUT2D eigenvalue weighted by molar-refractivity contribution is 6.02. The van der Waals surface area contributed by atoms with Crippen molar-refractivity contribution in [2.75, 3.05) is 135 Å². The number of aromatic nitrogens is 4. The number of carbonyl (C=O) groups excluding carboxylic acids is 4. The molecule has 84 heavy (non-hydrogen) atoms. The standard InChI is InChI=1S/C22H23F2N7O.C14H23FN2O2.C9H15FN2.C9H15NO3.C5H8FN.ClH/c1-13-6-31-11-16(2-17(23)20(31)27-13)28-21(32)18-4-26-19(5-25-18)30-8-14(9-30)7-29-10-15-3-22(15,24)12-29;1-13(2,3)19-12(18)17-6-10(7-17)5-16-8-11-4-14(11,15)9-16;10-9-1-8(9)5-12(6-9)4-7-2-11-3-7;1-9(2,3)13-8(12)10-4-7(5-10)6-11;6-5-1-4(5)2-7-3-5;/h2,4-6,11,14-15H,3,7-10,12H2,1H3,(H,28,32);10-11H,4-9H2,1-3H3;7-8,11H,1-6H2;6-7H,4-5H2,1-3H3;4,7H,1-3H2;1H/t15?,22-;11?,14-;8?,9-;;4?,5-;/m000.0./s1. The highest BCUT2D eigenvalue weighted by Gasteiger charge is 2.63. The molecule has 3 amide bonds. The molecule has 4 saturated carbocycles. The average molecular weight is 1200 g/mol. The predicted molar refractivity (Wildman–Crippen MR) is 308 cm³/mol. The van der Waals surface area contributed by atoms with Crippen molar-refractivity contribution in [2.24, 2.45) is 47.3 Å². The van der Waals surface area contributed by atoms with E-state index in [1.54, 1.807) is 30.4 Å². The average Bonchev–Trinajstić information content (AvgIpc) is 1.77. The van der Waals surface area contributed by atoms with E-state index >= 15 is 0 Å². The number of piperidine rings is 4. The molecule has 0 spiro atoms. The maximum Gasteiger partial charge on any atom is 0.410 e. The third kappa shape index (κ3) is 14.9. The second kappa shape index (κ2) is 23.6. The number of nitrogens with zero attached hydrogens (tertiary/aromatic N) is 10. The van der Waals surface area contributed by atoms with E-state index in [1.807, 2.05) is 41.5 Å². The first kappa shape index (κ1) is 62.1. The largest absolute Gasteiger partial charge is 0.444 e. The molecule has 0 aromatic carbocycles. The summed E-state index contributed by atoms with van der Waals surface area (Å²) in [7, 11) is 0. The molecule has 25 heteroatoms. The van der Waals surface area contributed by atoms with E-state index < -0.39 is 45.6 Å². The summed E-state index contributed by atoms with van der Waals surface area (Å²) in [5.41, 5.74) is -2.80. The van der Waals surface area contributed by atoms with Gasteiger partial charge in [-0.25, -0.2) is 46.5 Å². The molecular formula is C59H85ClF5N13O6. The van der Waals surface area contributed by atoms with Gasteiger partial charge >= 0.3 is 12.2 Å². The van der Waals surface area contributed by atoms with Crippen molar-refractivity contribution in [3.8, 4) is 0 Å². The number of carbonyl (C=O) groups is 4. The SMILES string of the molecule is CC(C)(C)OC(=O)N1CC(C=O)C1.CC(C)(C)OC(=O)N1CC(CN2CC3C[C@]3(F)C2)C1.Cc1cn2cc(NC(=O)c3cnc(N4CC(CN5CC6C[C@]6(F)C5)C4)cn3)cc(F)c2n1.Cl.F[C@@]12CNCC1C2.F[C@]12CC1CN(CC1CNC1)C2. The molecular weight excluding hydrogens is 1120 g/mol. The molecule has 0 bridgehead atoms. The molecule has 3 aromatic rings. The zero-order valence-corrected chi connectivity index (χ0v) is 50.4. The maximum atomic E-state index is 14.2. The third-order valence-electron chi connectivity index (χ3n) is 18.1. The van der Waals surface area contributed by atoms with Gasteiger partial charge in [-0.05, 0) is 80.1 Å². The van der Waals surface area contributed by atoms with Crippen LogP contribution in [0.3, 0.4) is 0 Å². The number of hydrogen-bond donors (Lipinski definition) is 3. The molecule has 4 aliphatic carbocycles. The molecule has 15 rings (SSSR count). The number of fused-ring (bicyclic) bond motifs is 5. The van der Waals surface area contributed by atoms with Crippen molar-refractivity contribution >= 4 is 53.9 Å². The molecule has 8 atom stereocenters. The van der Waals surface area contributed by atoms with Crippen LogP contribution in [0, 0.1) is 60.1 Å². The number of halogens is 6. The van der Waals surface area contributed by atoms with Crippen molar-refractivity contribution < 1.29 is 50.6 Å². The Hall–Kier alpha value is -5.01. The van der Waals surface area contributed by atoms with E-state index in [9.17, 15) is 41.1 Å². The van der Waals surface area contributed by atoms with Gasteiger partial charge in [0.15, 0.2) is 11.5 Å². The third-order valence-corrected chi connectivity index (χ3v) is 18.1. The van der Waals surface area contributed by atoms with Gasteiger partial charge < -0.3 is 49.3 Å². The lowest BCUT2D eigenvalue weighted by Gasteiger charge is -2.41. The number of aldehydes is 1. The van der Waals surface area contributed by atoms with Crippen LogP contribution in [-0.4, -0.2) is 226 Å². The van der Waals surface area contributed by atoms with Crippen LogP contribution in [0.5, 0.6) is 0 Å². The Kier molecular flexibility index (Phi) is 17.4. The second-order valence-corrected chi connectivity index (χ2v) is 28.2. The van der Waals surface area contributed by atoms with Gasteiger partial charge in [-0.1, -0.05) is 0 Å². The maximum absolute atomic E-state index is 14.2. The summed E-state index contributed by atoms with van der Waals surface area (Å²) in [6.07, 6.45) is 9.78. The normalized spacial score (nSPS) is 31.7. The fraction of sp³-hybridized carbons (Fsp3) is 0.746. The summed E-state index contributed by atoms with van der Waals surface area (Å²) in [6.45, 7) is 28.5. The number of aryl methyl sites for hydroxylation is 1. The van der Waals surface area contributed by atoms with Crippen LogP contribution in [0.25, 0.3) is 5.65 Å². The minimum Gasteiger partial charge on any atom is -0.444 e. The molecule has 0 radical (unpaired) electrons. The van der Waals surface area contributed by atoms with Gasteiger partial charge in [0.2, 0.25) is 0 Å². The molecule has 19 nitrogen and oxygen atoms in total. The Bertz CT molecular complexity index is 2880. The second-order valence-electron chi connectivity index (χ2n) is 28.2. The molecule has 11 heterocycles. The number of nitrogens with one attached hydrogen (secondary N) is 3. The van der Waals surface area contributed by atoms with Crippen LogP contribution in [0.1, 0.15) is 83.4 Å². The summed E-state index contributed by atoms with van der Waals surface area (Å²) in [5.74, 6) is 2.83. The molecule has 464 valence electrons. The Labute approximate surface area is 495 Å². The molecule has 12 aliphatic rings. The number of hydrogen-bond acceptors (Lipinski definition) is 15. The van der Waals surface area contributed by atoms with Crippen molar-refractivity contribution in [2.45, 2.75) is 108 Å². The van der Waals surface area contributed by atoms with Crippen molar-refractivity contribution in [3.05, 3.63) is 48.1 Å². The van der Waals surface area contributed by atoms with Crippen LogP contribution in [0.4, 0.5) is 43.0 Å². The number of pyridine rings is 1. The Morgan fingerprint density at radius 3 is 1.58 bits per heavy atom. The fourth-order valence-electron chi connectivity index (χ4n) is 13.0. The highest BCUT2D eigenvalue weighted by atomic mass is 35.5. The highest BCUT2D eigenvalue weighted by Crippen LogP contribution is 2.55. The zero-order valence-electron chi connectivity index (χ0n) is 49.6. The first-order chi connectivity index (χ1) is 39.1. The minimum atomic E-state index is -0.902. The number of imidazole rings is 1. The topological polar surface area (TPSA) is 185 Å².